The van der Waals surface area contributed by atoms with E-state index in [-0.39, 0.29) is 18.1 Å². The molecule has 0 bridgehead atoms. The van der Waals surface area contributed by atoms with E-state index in [9.17, 15) is 4.79 Å². The van der Waals surface area contributed by atoms with Gasteiger partial charge in [-0.2, -0.15) is 0 Å². The Hall–Kier alpha value is -2.50. The normalized spacial score (nSPS) is 22.5. The molecular formula is C19H22N2O4. The van der Waals surface area contributed by atoms with Crippen LogP contribution in [0, 0.1) is 12.3 Å². The molecule has 2 aliphatic rings. The van der Waals surface area contributed by atoms with Crippen LogP contribution in [0.2, 0.25) is 0 Å². The van der Waals surface area contributed by atoms with Crippen molar-refractivity contribution in [1.82, 2.24) is 10.1 Å². The number of carbonyl (C=O) groups excluding carboxylic acids is 1. The van der Waals surface area contributed by atoms with Crippen molar-refractivity contribution < 1.29 is 18.8 Å². The van der Waals surface area contributed by atoms with E-state index < -0.39 is 0 Å². The lowest BCUT2D eigenvalue weighted by Crippen LogP contribution is -2.45. The second-order valence-electron chi connectivity index (χ2n) is 7.35. The van der Waals surface area contributed by atoms with Crippen molar-refractivity contribution in [2.24, 2.45) is 5.41 Å². The monoisotopic (exact) mass is 342 g/mol. The van der Waals surface area contributed by atoms with Crippen molar-refractivity contribution in [3.05, 3.63) is 41.3 Å². The number of likely N-dealkylation sites (tertiary alicyclic amines) is 1. The molecule has 1 saturated heterocycles. The van der Waals surface area contributed by atoms with E-state index in [1.807, 2.05) is 24.0 Å². The number of piperidine rings is 1. The van der Waals surface area contributed by atoms with Gasteiger partial charge in [-0.15, -0.1) is 0 Å². The number of fused-ring (bicyclic) bond motifs is 1. The fourth-order valence-electron chi connectivity index (χ4n) is 3.71. The topological polar surface area (TPSA) is 64.8 Å². The minimum Gasteiger partial charge on any atom is -0.454 e. The molecule has 4 rings (SSSR count). The van der Waals surface area contributed by atoms with Crippen LogP contribution in [0.1, 0.15) is 36.8 Å². The highest BCUT2D eigenvalue weighted by molar-refractivity contribution is 5.77. The maximum absolute atomic E-state index is 12.3. The summed E-state index contributed by atoms with van der Waals surface area (Å²) >= 11 is 0. The van der Waals surface area contributed by atoms with Gasteiger partial charge in [0.05, 0.1) is 6.54 Å². The summed E-state index contributed by atoms with van der Waals surface area (Å²) in [5, 5.41) is 4.02. The van der Waals surface area contributed by atoms with Crippen LogP contribution >= 0.6 is 0 Å². The number of hydrogen-bond donors (Lipinski definition) is 0. The molecule has 1 atom stereocenters. The Morgan fingerprint density at radius 2 is 2.08 bits per heavy atom. The first-order valence-corrected chi connectivity index (χ1v) is 8.59. The number of carbonyl (C=O) groups is 1. The SMILES string of the molecule is Cc1cc(CN2C[C@](C)(Cc3ccc4c(c3)OCO4)CCC2=O)no1. The van der Waals surface area contributed by atoms with Gasteiger partial charge in [0.15, 0.2) is 11.5 Å². The fourth-order valence-corrected chi connectivity index (χ4v) is 3.71. The van der Waals surface area contributed by atoms with Crippen LogP contribution in [0.25, 0.3) is 0 Å². The molecule has 0 unspecified atom stereocenters. The third-order valence-electron chi connectivity index (χ3n) is 4.97. The molecule has 2 aromatic rings. The predicted octanol–water partition coefficient (Wildman–Crippen LogP) is 3.08. The Morgan fingerprint density at radius 1 is 1.24 bits per heavy atom. The van der Waals surface area contributed by atoms with Crippen molar-refractivity contribution in [2.75, 3.05) is 13.3 Å². The zero-order chi connectivity index (χ0) is 17.4. The lowest BCUT2D eigenvalue weighted by Gasteiger charge is -2.40. The van der Waals surface area contributed by atoms with Gasteiger partial charge in [0.25, 0.3) is 0 Å². The van der Waals surface area contributed by atoms with Crippen molar-refractivity contribution >= 4 is 5.91 Å². The zero-order valence-corrected chi connectivity index (χ0v) is 14.6. The fraction of sp³-hybridized carbons (Fsp3) is 0.474. The first-order chi connectivity index (χ1) is 12.0. The smallest absolute Gasteiger partial charge is 0.231 e. The van der Waals surface area contributed by atoms with E-state index >= 15 is 0 Å². The molecule has 1 aromatic heterocycles. The molecule has 0 saturated carbocycles. The number of benzene rings is 1. The maximum atomic E-state index is 12.3. The van der Waals surface area contributed by atoms with E-state index in [1.54, 1.807) is 0 Å². The number of hydrogen-bond acceptors (Lipinski definition) is 5. The molecule has 1 amide bonds. The number of ether oxygens (including phenoxy) is 2. The molecular weight excluding hydrogens is 320 g/mol. The average molecular weight is 342 g/mol. The van der Waals surface area contributed by atoms with Gasteiger partial charge in [-0.1, -0.05) is 18.1 Å². The average Bonchev–Trinajstić information content (AvgIpc) is 3.19. The maximum Gasteiger partial charge on any atom is 0.231 e. The molecule has 25 heavy (non-hydrogen) atoms. The van der Waals surface area contributed by atoms with Gasteiger partial charge in [-0.05, 0) is 42.9 Å². The van der Waals surface area contributed by atoms with Crippen LogP contribution in [0.3, 0.4) is 0 Å². The van der Waals surface area contributed by atoms with Gasteiger partial charge < -0.3 is 18.9 Å². The molecule has 0 aliphatic carbocycles. The number of nitrogens with zero attached hydrogens (tertiary/aromatic N) is 2. The second-order valence-corrected chi connectivity index (χ2v) is 7.35. The van der Waals surface area contributed by atoms with Gasteiger partial charge >= 0.3 is 0 Å². The van der Waals surface area contributed by atoms with E-state index in [1.165, 1.54) is 5.56 Å². The number of aromatic nitrogens is 1. The van der Waals surface area contributed by atoms with Crippen molar-refractivity contribution in [3.63, 3.8) is 0 Å². The molecule has 0 spiro atoms. The van der Waals surface area contributed by atoms with E-state index in [2.05, 4.69) is 24.2 Å². The predicted molar refractivity (Wildman–Crippen MR) is 90.3 cm³/mol. The molecule has 3 heterocycles. The van der Waals surface area contributed by atoms with Gasteiger partial charge in [-0.3, -0.25) is 4.79 Å². The van der Waals surface area contributed by atoms with Crippen LogP contribution in [0.4, 0.5) is 0 Å². The van der Waals surface area contributed by atoms with Gasteiger partial charge in [0.1, 0.15) is 11.5 Å². The molecule has 1 aromatic carbocycles. The summed E-state index contributed by atoms with van der Waals surface area (Å²) in [6, 6.07) is 7.98. The number of amides is 1. The van der Waals surface area contributed by atoms with Crippen LogP contribution < -0.4 is 9.47 Å². The Labute approximate surface area is 146 Å². The van der Waals surface area contributed by atoms with Gasteiger partial charge in [0.2, 0.25) is 12.7 Å². The molecule has 1 fully saturated rings. The number of aryl methyl sites for hydroxylation is 1. The Morgan fingerprint density at radius 3 is 2.88 bits per heavy atom. The highest BCUT2D eigenvalue weighted by atomic mass is 16.7. The van der Waals surface area contributed by atoms with Crippen LogP contribution in [0.15, 0.2) is 28.8 Å². The molecule has 0 N–H and O–H groups in total. The summed E-state index contributed by atoms with van der Waals surface area (Å²) in [7, 11) is 0. The molecule has 2 aliphatic heterocycles. The summed E-state index contributed by atoms with van der Waals surface area (Å²) in [5.74, 6) is 2.56. The van der Waals surface area contributed by atoms with E-state index in [4.69, 9.17) is 14.0 Å². The van der Waals surface area contributed by atoms with E-state index in [0.717, 1.165) is 35.8 Å². The van der Waals surface area contributed by atoms with Crippen molar-refractivity contribution in [3.8, 4) is 11.5 Å². The Bertz CT molecular complexity index is 800. The van der Waals surface area contributed by atoms with Crippen LogP contribution in [-0.4, -0.2) is 29.3 Å². The summed E-state index contributed by atoms with van der Waals surface area (Å²) in [6.45, 7) is 5.61. The summed E-state index contributed by atoms with van der Waals surface area (Å²) in [5.41, 5.74) is 2.04. The first-order valence-electron chi connectivity index (χ1n) is 8.59. The third kappa shape index (κ3) is 3.34. The summed E-state index contributed by atoms with van der Waals surface area (Å²) in [6.07, 6.45) is 2.35. The Balaban J connectivity index is 1.48. The third-order valence-corrected chi connectivity index (χ3v) is 4.97. The standard InChI is InChI=1S/C19H22N2O4/c1-13-7-15(20-25-13)10-21-11-19(2,6-5-18(21)22)9-14-3-4-16-17(8-14)24-12-23-16/h3-4,7-8H,5-6,9-12H2,1-2H3/t19-/m0/s1. The minimum atomic E-state index is 0.0282. The van der Waals surface area contributed by atoms with E-state index in [0.29, 0.717) is 19.5 Å². The quantitative estimate of drug-likeness (QED) is 0.854. The van der Waals surface area contributed by atoms with Gasteiger partial charge in [-0.25, -0.2) is 0 Å². The lowest BCUT2D eigenvalue weighted by atomic mass is 9.76. The summed E-state index contributed by atoms with van der Waals surface area (Å²) in [4.78, 5) is 14.2. The first kappa shape index (κ1) is 16.0. The van der Waals surface area contributed by atoms with Crippen molar-refractivity contribution in [1.29, 1.82) is 0 Å². The molecule has 0 radical (unpaired) electrons. The molecule has 6 nitrogen and oxygen atoms in total. The minimum absolute atomic E-state index is 0.0282. The highest BCUT2D eigenvalue weighted by Crippen LogP contribution is 2.38. The van der Waals surface area contributed by atoms with Crippen LogP contribution in [0.5, 0.6) is 11.5 Å². The van der Waals surface area contributed by atoms with Gasteiger partial charge in [0, 0.05) is 19.0 Å². The largest absolute Gasteiger partial charge is 0.454 e. The Kier molecular flexibility index (Phi) is 3.90. The lowest BCUT2D eigenvalue weighted by molar-refractivity contribution is -0.138. The number of rotatable bonds is 4. The van der Waals surface area contributed by atoms with Crippen molar-refractivity contribution in [2.45, 2.75) is 39.7 Å². The second kappa shape index (κ2) is 6.10. The molecule has 6 heteroatoms. The van der Waals surface area contributed by atoms with Crippen LogP contribution in [-0.2, 0) is 17.8 Å². The highest BCUT2D eigenvalue weighted by Gasteiger charge is 2.35. The molecule has 132 valence electrons. The zero-order valence-electron chi connectivity index (χ0n) is 14.6. The summed E-state index contributed by atoms with van der Waals surface area (Å²) < 4.78 is 16.0.